The van der Waals surface area contributed by atoms with Crippen molar-refractivity contribution in [3.8, 4) is 5.75 Å². The van der Waals surface area contributed by atoms with Gasteiger partial charge in [0.25, 0.3) is 0 Å². The molecule has 37 heavy (non-hydrogen) atoms. The Bertz CT molecular complexity index is 1240. The SMILES string of the molecule is CCOC(=O)c1c(NC(=O)CSc2nnc(C(C)Oc3ccc(CC)cc3)n2CC)sc2c1CCCC2. The highest BCUT2D eigenvalue weighted by Gasteiger charge is 2.27. The molecule has 1 aliphatic rings. The molecule has 0 aliphatic heterocycles. The second-order valence-electron chi connectivity index (χ2n) is 8.81. The van der Waals surface area contributed by atoms with Crippen LogP contribution in [-0.2, 0) is 35.3 Å². The van der Waals surface area contributed by atoms with Crippen LogP contribution in [0.5, 0.6) is 5.75 Å². The van der Waals surface area contributed by atoms with E-state index in [-0.39, 0.29) is 23.7 Å². The predicted molar refractivity (Wildman–Crippen MR) is 147 cm³/mol. The number of hydrogen-bond acceptors (Lipinski definition) is 8. The average molecular weight is 543 g/mol. The number of anilines is 1. The number of fused-ring (bicyclic) bond motifs is 1. The van der Waals surface area contributed by atoms with Crippen molar-refractivity contribution in [3.63, 3.8) is 0 Å². The lowest BCUT2D eigenvalue weighted by atomic mass is 9.95. The molecule has 10 heteroatoms. The minimum absolute atomic E-state index is 0.149. The lowest BCUT2D eigenvalue weighted by Gasteiger charge is -2.16. The van der Waals surface area contributed by atoms with Gasteiger partial charge in [0, 0.05) is 11.4 Å². The fourth-order valence-electron chi connectivity index (χ4n) is 4.43. The molecule has 1 unspecified atom stereocenters. The second kappa shape index (κ2) is 12.6. The summed E-state index contributed by atoms with van der Waals surface area (Å²) in [5.74, 6) is 1.08. The Hall–Kier alpha value is -2.85. The molecule has 198 valence electrons. The van der Waals surface area contributed by atoms with E-state index in [2.05, 4.69) is 34.6 Å². The molecule has 2 aromatic heterocycles. The Morgan fingerprint density at radius 1 is 1.14 bits per heavy atom. The van der Waals surface area contributed by atoms with Crippen LogP contribution in [0.25, 0.3) is 0 Å². The number of carbonyl (C=O) groups excluding carboxylic acids is 2. The number of amides is 1. The third-order valence-electron chi connectivity index (χ3n) is 6.31. The number of carbonyl (C=O) groups is 2. The number of aromatic nitrogens is 3. The van der Waals surface area contributed by atoms with Crippen molar-refractivity contribution in [2.45, 2.75) is 77.6 Å². The van der Waals surface area contributed by atoms with Crippen molar-refractivity contribution in [3.05, 3.63) is 51.7 Å². The topological polar surface area (TPSA) is 95.3 Å². The summed E-state index contributed by atoms with van der Waals surface area (Å²) in [6, 6.07) is 8.05. The van der Waals surface area contributed by atoms with Crippen LogP contribution in [0.2, 0.25) is 0 Å². The highest BCUT2D eigenvalue weighted by molar-refractivity contribution is 7.99. The van der Waals surface area contributed by atoms with E-state index in [0.717, 1.165) is 43.4 Å². The maximum atomic E-state index is 12.9. The van der Waals surface area contributed by atoms with Gasteiger partial charge in [-0.25, -0.2) is 4.79 Å². The number of thiophene rings is 1. The largest absolute Gasteiger partial charge is 0.483 e. The van der Waals surface area contributed by atoms with Gasteiger partial charge in [0.15, 0.2) is 17.1 Å². The first kappa shape index (κ1) is 27.2. The number of nitrogens with zero attached hydrogens (tertiary/aromatic N) is 3. The summed E-state index contributed by atoms with van der Waals surface area (Å²) >= 11 is 2.81. The number of aryl methyl sites for hydroxylation is 2. The van der Waals surface area contributed by atoms with Gasteiger partial charge in [0.2, 0.25) is 5.91 Å². The van der Waals surface area contributed by atoms with Gasteiger partial charge < -0.3 is 19.4 Å². The molecule has 0 bridgehead atoms. The predicted octanol–water partition coefficient (Wildman–Crippen LogP) is 5.85. The minimum Gasteiger partial charge on any atom is -0.483 e. The van der Waals surface area contributed by atoms with Gasteiger partial charge in [0.05, 0.1) is 17.9 Å². The zero-order valence-corrected chi connectivity index (χ0v) is 23.5. The summed E-state index contributed by atoms with van der Waals surface area (Å²) in [5.41, 5.74) is 2.81. The normalized spacial score (nSPS) is 13.6. The monoisotopic (exact) mass is 542 g/mol. The number of thioether (sulfide) groups is 1. The Morgan fingerprint density at radius 2 is 1.89 bits per heavy atom. The fourth-order valence-corrected chi connectivity index (χ4v) is 6.53. The molecule has 4 rings (SSSR count). The third kappa shape index (κ3) is 6.35. The zero-order valence-electron chi connectivity index (χ0n) is 21.8. The molecule has 0 fully saturated rings. The molecule has 1 aliphatic carbocycles. The summed E-state index contributed by atoms with van der Waals surface area (Å²) in [5, 5.41) is 12.9. The molecule has 0 radical (unpaired) electrons. The number of hydrogen-bond donors (Lipinski definition) is 1. The Labute approximate surface area is 226 Å². The summed E-state index contributed by atoms with van der Waals surface area (Å²) in [4.78, 5) is 26.7. The standard InChI is InChI=1S/C27H34N4O4S2/c1-5-18-12-14-19(15-13-18)35-17(4)24-29-30-27(31(24)6-2)36-16-22(32)28-25-23(26(33)34-7-3)20-10-8-9-11-21(20)37-25/h12-15,17H,5-11,16H2,1-4H3,(H,28,32). The fraction of sp³-hybridized carbons (Fsp3) is 0.481. The maximum Gasteiger partial charge on any atom is 0.341 e. The minimum atomic E-state index is -0.362. The Morgan fingerprint density at radius 3 is 2.59 bits per heavy atom. The van der Waals surface area contributed by atoms with Crippen molar-refractivity contribution in [2.24, 2.45) is 0 Å². The molecule has 8 nitrogen and oxygen atoms in total. The number of benzene rings is 1. The molecule has 0 spiro atoms. The molecule has 1 N–H and O–H groups in total. The van der Waals surface area contributed by atoms with Gasteiger partial charge in [-0.3, -0.25) is 4.79 Å². The molecule has 3 aromatic rings. The van der Waals surface area contributed by atoms with Crippen LogP contribution in [0.3, 0.4) is 0 Å². The van der Waals surface area contributed by atoms with Gasteiger partial charge in [-0.1, -0.05) is 30.8 Å². The van der Waals surface area contributed by atoms with Crippen LogP contribution in [0.15, 0.2) is 29.4 Å². The molecule has 0 saturated carbocycles. The van der Waals surface area contributed by atoms with Gasteiger partial charge in [-0.2, -0.15) is 0 Å². The van der Waals surface area contributed by atoms with E-state index in [1.54, 1.807) is 6.92 Å². The lowest BCUT2D eigenvalue weighted by Crippen LogP contribution is -2.17. The van der Waals surface area contributed by atoms with Crippen molar-refractivity contribution in [1.82, 2.24) is 14.8 Å². The Balaban J connectivity index is 1.42. The van der Waals surface area contributed by atoms with E-state index in [1.807, 2.05) is 30.5 Å². The summed E-state index contributed by atoms with van der Waals surface area (Å²) in [6.45, 7) is 8.82. The molecule has 0 saturated heterocycles. The van der Waals surface area contributed by atoms with E-state index in [0.29, 0.717) is 34.7 Å². The highest BCUT2D eigenvalue weighted by Crippen LogP contribution is 2.38. The van der Waals surface area contributed by atoms with Crippen LogP contribution in [0.1, 0.15) is 78.8 Å². The van der Waals surface area contributed by atoms with Crippen LogP contribution in [-0.4, -0.2) is 39.0 Å². The van der Waals surface area contributed by atoms with Crippen LogP contribution in [0, 0.1) is 0 Å². The number of rotatable bonds is 11. The Kier molecular flexibility index (Phi) is 9.26. The van der Waals surface area contributed by atoms with Crippen LogP contribution < -0.4 is 10.1 Å². The molecule has 1 atom stereocenters. The van der Waals surface area contributed by atoms with E-state index in [4.69, 9.17) is 9.47 Å². The zero-order chi connectivity index (χ0) is 26.4. The maximum absolute atomic E-state index is 12.9. The van der Waals surface area contributed by atoms with Crippen LogP contribution >= 0.6 is 23.1 Å². The quantitative estimate of drug-likeness (QED) is 0.240. The van der Waals surface area contributed by atoms with Crippen molar-refractivity contribution in [2.75, 3.05) is 17.7 Å². The summed E-state index contributed by atoms with van der Waals surface area (Å²) < 4.78 is 13.4. The van der Waals surface area contributed by atoms with E-state index in [1.165, 1.54) is 33.5 Å². The van der Waals surface area contributed by atoms with Crippen LogP contribution in [0.4, 0.5) is 5.00 Å². The third-order valence-corrected chi connectivity index (χ3v) is 8.48. The lowest BCUT2D eigenvalue weighted by molar-refractivity contribution is -0.113. The summed E-state index contributed by atoms with van der Waals surface area (Å²) in [7, 11) is 0. The van der Waals surface area contributed by atoms with E-state index >= 15 is 0 Å². The molecule has 2 heterocycles. The summed E-state index contributed by atoms with van der Waals surface area (Å²) in [6.07, 6.45) is 4.60. The van der Waals surface area contributed by atoms with Gasteiger partial charge in [-0.05, 0) is 76.1 Å². The van der Waals surface area contributed by atoms with E-state index in [9.17, 15) is 9.59 Å². The number of nitrogens with one attached hydrogen (secondary N) is 1. The van der Waals surface area contributed by atoms with Gasteiger partial charge in [-0.15, -0.1) is 21.5 Å². The first-order valence-corrected chi connectivity index (χ1v) is 14.7. The average Bonchev–Trinajstić information content (AvgIpc) is 3.48. The van der Waals surface area contributed by atoms with Crippen molar-refractivity contribution < 1.29 is 19.1 Å². The van der Waals surface area contributed by atoms with Crippen molar-refractivity contribution in [1.29, 1.82) is 0 Å². The first-order valence-electron chi connectivity index (χ1n) is 12.9. The molecule has 1 amide bonds. The smallest absolute Gasteiger partial charge is 0.341 e. The van der Waals surface area contributed by atoms with E-state index < -0.39 is 0 Å². The second-order valence-corrected chi connectivity index (χ2v) is 10.9. The van der Waals surface area contributed by atoms with Gasteiger partial charge in [0.1, 0.15) is 10.8 Å². The number of ether oxygens (including phenoxy) is 2. The first-order chi connectivity index (χ1) is 17.9. The van der Waals surface area contributed by atoms with Gasteiger partial charge >= 0.3 is 5.97 Å². The highest BCUT2D eigenvalue weighted by atomic mass is 32.2. The number of esters is 1. The van der Waals surface area contributed by atoms with Crippen molar-refractivity contribution >= 4 is 40.0 Å². The molecular formula is C27H34N4O4S2. The molecule has 1 aromatic carbocycles. The molecular weight excluding hydrogens is 508 g/mol.